The van der Waals surface area contributed by atoms with E-state index in [1.54, 1.807) is 6.92 Å². The number of hydrogen-bond donors (Lipinski definition) is 7. The number of aromatic amines is 5. The van der Waals surface area contributed by atoms with Gasteiger partial charge in [-0.15, -0.1) is 0 Å². The summed E-state index contributed by atoms with van der Waals surface area (Å²) >= 11 is 37.7. The quantitative estimate of drug-likeness (QED) is 0.0147. The number of imidazole rings is 1. The number of rotatable bonds is 41. The second kappa shape index (κ2) is 44.8. The molecule has 0 aliphatic carbocycles. The maximum absolute atomic E-state index is 15.0. The van der Waals surface area contributed by atoms with E-state index in [1.165, 1.54) is 77.2 Å². The van der Waals surface area contributed by atoms with E-state index >= 15 is 0 Å². The lowest BCUT2D eigenvalue weighted by Crippen LogP contribution is -2.35. The normalized spacial score (nSPS) is 29.7. The number of nitrogens with zero attached hydrogens (tertiary/aromatic N) is 11. The molecule has 0 aromatic carbocycles. The molecule has 0 radical (unpaired) electrons. The molecule has 143 heavy (non-hydrogen) atoms. The van der Waals surface area contributed by atoms with Gasteiger partial charge in [0, 0.05) is 123 Å². The number of anilines is 2. The first-order chi connectivity index (χ1) is 67.1. The van der Waals surface area contributed by atoms with Gasteiger partial charge in [-0.25, -0.2) is 43.7 Å². The van der Waals surface area contributed by atoms with Crippen molar-refractivity contribution in [2.75, 3.05) is 58.2 Å². The van der Waals surface area contributed by atoms with E-state index in [0.717, 1.165) is 53.2 Å². The van der Waals surface area contributed by atoms with Gasteiger partial charge in [-0.1, -0.05) is 77.8 Å². The Morgan fingerprint density at radius 2 is 0.615 bits per heavy atom. The van der Waals surface area contributed by atoms with Crippen LogP contribution in [0.15, 0.2) is 103 Å². The fourth-order valence-corrected chi connectivity index (χ4v) is 26.1. The molecular formula is C72H90N18O39P7S7-7. The summed E-state index contributed by atoms with van der Waals surface area (Å²) in [5, 5.41) is 0. The smallest absolute Gasteiger partial charge is 0.351 e. The van der Waals surface area contributed by atoms with Crippen molar-refractivity contribution in [3.63, 3.8) is 0 Å². The molecule has 7 aliphatic rings. The highest BCUT2D eigenvalue weighted by atomic mass is 32.7. The first-order valence-electron chi connectivity index (χ1n) is 42.9. The van der Waals surface area contributed by atoms with Crippen LogP contribution >= 0.6 is 47.1 Å². The maximum atomic E-state index is 15.0. The third-order valence-electron chi connectivity index (χ3n) is 23.6. The second-order valence-corrected chi connectivity index (χ2v) is 52.6. The minimum atomic E-state index is -5.05. The van der Waals surface area contributed by atoms with Crippen LogP contribution in [0, 0.1) is 41.5 Å². The Morgan fingerprint density at radius 3 is 0.909 bits per heavy atom. The van der Waals surface area contributed by atoms with E-state index < -0.39 is 303 Å². The Labute approximate surface area is 839 Å². The lowest BCUT2D eigenvalue weighted by atomic mass is 10.1. The minimum Gasteiger partial charge on any atom is -0.780 e. The van der Waals surface area contributed by atoms with Crippen LogP contribution in [0.3, 0.4) is 0 Å². The van der Waals surface area contributed by atoms with Crippen molar-refractivity contribution in [3.05, 3.63) is 198 Å². The van der Waals surface area contributed by atoms with Gasteiger partial charge in [0.1, 0.15) is 138 Å². The Morgan fingerprint density at radius 1 is 0.364 bits per heavy atom. The molecule has 0 saturated carbocycles. The average Bonchev–Trinajstić information content (AvgIpc) is 1.61. The monoisotopic (exact) mass is 2270 g/mol. The zero-order valence-corrected chi connectivity index (χ0v) is 87.6. The summed E-state index contributed by atoms with van der Waals surface area (Å²) in [5.41, 5.74) is 3.72. The molecule has 786 valence electrons. The van der Waals surface area contributed by atoms with E-state index in [1.807, 2.05) is 0 Å². The predicted octanol–water partition coefficient (Wildman–Crippen LogP) is -3.12. The van der Waals surface area contributed by atoms with E-state index in [-0.39, 0.29) is 81.9 Å². The zero-order chi connectivity index (χ0) is 104. The van der Waals surface area contributed by atoms with E-state index in [9.17, 15) is 86.7 Å². The molecule has 15 rings (SSSR count). The van der Waals surface area contributed by atoms with Crippen molar-refractivity contribution in [2.24, 2.45) is 0 Å². The van der Waals surface area contributed by atoms with Crippen molar-refractivity contribution >= 4 is 153 Å². The van der Waals surface area contributed by atoms with Crippen LogP contribution in [0.25, 0.3) is 11.2 Å². The Kier molecular flexibility index (Phi) is 34.7. The number of nitrogens with two attached hydrogens (primary N) is 2. The molecule has 14 unspecified atom stereocenters. The van der Waals surface area contributed by atoms with Gasteiger partial charge < -0.3 is 150 Å². The summed E-state index contributed by atoms with van der Waals surface area (Å²) in [6.45, 7) is -28.9. The SMILES string of the molecule is CC[C@H]1O[C@@H](n2cc(C)c(=O)[nH]c2=O)CC1OP([O-])(=S)OC[C@H]1O[C@@H](n2cc(C)c(=O)[nH]c2=O)CC1OP(=O)([S-])OC[C@H]1O[C@@H](n2cc(C)c(N)nc2=O)CC1OP([O-])(=S)OC[C@H]1O[C@@H](n2cnc3c(N)ncnc32)CC1OP([O-])(=S)OC[C@H]1O[C@@H](n2cc(C)c(=O)[nH]c2=O)CC1OP([O-])(=S)OC[C@H]1O[C@@H](n2cc(C)c(=O)[nH]c2=O)CC1OP([O-])(=S)OC[C@H]1O[C@@H](n2cc(C)c(=O)[nH]c2=O)CC1OP([O-])(=S)OC. The molecule has 71 heteroatoms. The van der Waals surface area contributed by atoms with Gasteiger partial charge in [-0.2, -0.15) is 4.98 Å². The molecule has 0 spiro atoms. The molecule has 7 saturated heterocycles. The molecule has 57 nitrogen and oxygen atoms in total. The first-order valence-corrected chi connectivity index (χ1v) is 60.8. The van der Waals surface area contributed by atoms with Crippen LogP contribution in [0.1, 0.15) is 135 Å². The predicted molar refractivity (Wildman–Crippen MR) is 505 cm³/mol. The summed E-state index contributed by atoms with van der Waals surface area (Å²) in [7, 11) is 1.01. The molecule has 8 aromatic rings. The highest BCUT2D eigenvalue weighted by molar-refractivity contribution is 8.32. The molecule has 8 aromatic heterocycles. The Balaban J connectivity index is 0.636. The molecule has 15 heterocycles. The molecule has 0 bridgehead atoms. The molecule has 7 fully saturated rings. The van der Waals surface area contributed by atoms with E-state index in [2.05, 4.69) is 44.9 Å². The third kappa shape index (κ3) is 26.9. The van der Waals surface area contributed by atoms with Crippen molar-refractivity contribution in [1.82, 2.24) is 76.8 Å². The summed E-state index contributed by atoms with van der Waals surface area (Å²) in [5.74, 6) is -0.219. The number of hydrogen-bond acceptors (Lipinski definition) is 52. The van der Waals surface area contributed by atoms with Crippen LogP contribution in [0.4, 0.5) is 11.6 Å². The van der Waals surface area contributed by atoms with Crippen LogP contribution in [-0.4, -0.2) is 209 Å². The van der Waals surface area contributed by atoms with Gasteiger partial charge >= 0.3 is 34.1 Å². The number of fused-ring (bicyclic) bond motifs is 1. The Bertz CT molecular complexity index is 7250. The van der Waals surface area contributed by atoms with Crippen molar-refractivity contribution in [1.29, 1.82) is 0 Å². The molecule has 9 N–H and O–H groups in total. The largest absolute Gasteiger partial charge is 0.780 e. The third-order valence-corrected chi connectivity index (χ3v) is 34.7. The number of aryl methyl sites for hydroxylation is 6. The summed E-state index contributed by atoms with van der Waals surface area (Å²) in [6.07, 6.45) is -22.2. The number of aromatic nitrogens is 16. The van der Waals surface area contributed by atoms with E-state index in [4.69, 9.17) is 191 Å². The summed E-state index contributed by atoms with van der Waals surface area (Å²) in [6, 6.07) is 0. The lowest BCUT2D eigenvalue weighted by molar-refractivity contribution is -0.221. The maximum Gasteiger partial charge on any atom is 0.351 e. The van der Waals surface area contributed by atoms with Crippen molar-refractivity contribution < 1.29 is 130 Å². The first kappa shape index (κ1) is 111. The van der Waals surface area contributed by atoms with Gasteiger partial charge in [0.05, 0.1) is 94.8 Å². The van der Waals surface area contributed by atoms with Crippen LogP contribution in [-0.2, 0) is 184 Å². The molecule has 0 amide bonds. The Hall–Kier alpha value is -6.17. The highest BCUT2D eigenvalue weighted by Gasteiger charge is 2.49. The number of ether oxygens (including phenoxy) is 7. The van der Waals surface area contributed by atoms with Gasteiger partial charge in [0.25, 0.3) is 27.8 Å². The molecular weight excluding hydrogens is 2180 g/mol. The average molecular weight is 2270 g/mol. The summed E-state index contributed by atoms with van der Waals surface area (Å²) < 4.78 is 147. The fourth-order valence-electron chi connectivity index (χ4n) is 16.4. The zero-order valence-electron chi connectivity index (χ0n) is 75.6. The summed E-state index contributed by atoms with van der Waals surface area (Å²) in [4.78, 5) is 255. The second-order valence-electron chi connectivity index (χ2n) is 33.5. The van der Waals surface area contributed by atoms with Crippen LogP contribution in [0.5, 0.6) is 0 Å². The van der Waals surface area contributed by atoms with Crippen LogP contribution in [0.2, 0.25) is 0 Å². The van der Waals surface area contributed by atoms with E-state index in [0.29, 0.717) is 0 Å². The number of nitrogens with one attached hydrogen (secondary N) is 5. The van der Waals surface area contributed by atoms with Gasteiger partial charge in [-0.05, 0) is 48.0 Å². The standard InChI is InChI=1S/C72H97N18O39P7S7/c1-9-37-38(10-51(116-37)85-18-32(3)62(91)79-68(85)97)124-131(103,138)110-24-47-41(13-54(119-47)87-20-34(5)64(93)81-70(87)99)127-133(105,140)112-25-46-40(12-52(118-46)84-17-31(2)59(73)78-67(84)96)125-135(107,142)115-28-50-44(16-57(122-50)90-30-77-58-60(74)75-29-76-61(58)90)129-136(108,143)114-27-49-43(15-56(121-49)89-22-36(7)66(95)83-72(89)101)128-134(106,141)113-26-48-42(14-55(120-48)88-21-35(6)65(94)82-71(88)100)126-132(104,139)111-23-45-39(123-130(102,137)109-8)11-53(117-45)86-19-33(4)63(92)80-69(86)98/h17-22,29-30,37-57H,9-16,23-28H2,1-8H3,(H,102,137)(H,103,138)(H,104,139)(H,105,140)(H,106,141)(H,107,142)(H,108,143)(H2,73,78,96)(H2,74,75,76)(H,79,91,97)(H,80,92,98)(H,81,93,99)(H,82,94,100)(H,83,95,101)/p-7/t37-,38?,39?,40?,41?,42?,43?,44?,45-,46-,47-,48-,49-,50-,51-,52-,53-,54-,55-,56-,57-,130?,131?,132?,133?,134?,135?,136?/m1/s1. The van der Waals surface area contributed by atoms with Crippen molar-refractivity contribution in [3.8, 4) is 0 Å². The number of H-pyrrole nitrogens is 5. The van der Waals surface area contributed by atoms with Crippen molar-refractivity contribution in [2.45, 2.75) is 229 Å². The molecule has 28 atom stereocenters. The van der Waals surface area contributed by atoms with Gasteiger partial charge in [-0.3, -0.25) is 85.4 Å². The fraction of sp³-hybridized carbons (Fsp3) is 0.597. The van der Waals surface area contributed by atoms with Gasteiger partial charge in [0.15, 0.2) is 18.3 Å². The molecule has 7 aliphatic heterocycles. The van der Waals surface area contributed by atoms with Gasteiger partial charge in [0.2, 0.25) is 0 Å². The lowest BCUT2D eigenvalue weighted by Gasteiger charge is -2.36. The van der Waals surface area contributed by atoms with Crippen LogP contribution < -0.4 is 103 Å². The highest BCUT2D eigenvalue weighted by Crippen LogP contribution is 2.57. The number of nitrogen functional groups attached to an aromatic ring is 2. The minimum absolute atomic E-state index is 0.00324. The topological polar surface area (TPSA) is 754 Å².